The van der Waals surface area contributed by atoms with Gasteiger partial charge in [0.05, 0.1) is 11.6 Å². The van der Waals surface area contributed by atoms with Gasteiger partial charge in [0.1, 0.15) is 5.15 Å². The predicted molar refractivity (Wildman–Crippen MR) is 68.1 cm³/mol. The van der Waals surface area contributed by atoms with Crippen molar-refractivity contribution in [2.45, 2.75) is 19.2 Å². The van der Waals surface area contributed by atoms with E-state index in [1.807, 2.05) is 6.92 Å². The van der Waals surface area contributed by atoms with Gasteiger partial charge in [0, 0.05) is 5.56 Å². The Balaban J connectivity index is 2.52. The lowest BCUT2D eigenvalue weighted by Crippen LogP contribution is -2.01. The van der Waals surface area contributed by atoms with E-state index < -0.39 is 0 Å². The van der Waals surface area contributed by atoms with Crippen LogP contribution in [0.15, 0.2) is 12.1 Å². The van der Waals surface area contributed by atoms with E-state index in [1.54, 1.807) is 12.1 Å². The Morgan fingerprint density at radius 3 is 2.47 bits per heavy atom. The molecule has 2 aromatic heterocycles. The quantitative estimate of drug-likeness (QED) is 0.815. The second kappa shape index (κ2) is 5.21. The molecule has 0 spiro atoms. The maximum Gasteiger partial charge on any atom is 0.177 e. The molecule has 0 aromatic carbocycles. The van der Waals surface area contributed by atoms with Crippen molar-refractivity contribution in [3.8, 4) is 5.82 Å². The van der Waals surface area contributed by atoms with Crippen molar-refractivity contribution in [1.82, 2.24) is 20.0 Å². The Hall–Kier alpha value is -0.840. The first-order valence-electron chi connectivity index (χ1n) is 4.99. The number of alkyl halides is 1. The van der Waals surface area contributed by atoms with Gasteiger partial charge in [-0.15, -0.1) is 21.8 Å². The molecular weight excluding hydrogens is 282 g/mol. The highest BCUT2D eigenvalue weighted by Gasteiger charge is 2.16. The lowest BCUT2D eigenvalue weighted by atomic mass is 10.2. The minimum atomic E-state index is 0.322. The summed E-state index contributed by atoms with van der Waals surface area (Å²) >= 11 is 17.7. The molecule has 2 aromatic rings. The third kappa shape index (κ3) is 2.39. The molecule has 2 heterocycles. The average Bonchev–Trinajstić information content (AvgIpc) is 2.66. The smallest absolute Gasteiger partial charge is 0.177 e. The Morgan fingerprint density at radius 2 is 2.00 bits per heavy atom. The van der Waals surface area contributed by atoms with Gasteiger partial charge in [-0.25, -0.2) is 4.68 Å². The summed E-state index contributed by atoms with van der Waals surface area (Å²) in [6, 6.07) is 3.33. The molecule has 0 saturated heterocycles. The van der Waals surface area contributed by atoms with Crippen molar-refractivity contribution in [2.75, 3.05) is 0 Å². The summed E-state index contributed by atoms with van der Waals surface area (Å²) in [7, 11) is 0. The SMILES string of the molecule is CCc1nn(-c2ccc(Cl)nn2)c(Cl)c1CCl. The summed E-state index contributed by atoms with van der Waals surface area (Å²) in [5.41, 5.74) is 1.69. The molecule has 0 fully saturated rings. The number of rotatable bonds is 3. The van der Waals surface area contributed by atoms with Crippen molar-refractivity contribution >= 4 is 34.8 Å². The molecule has 0 bridgehead atoms. The zero-order valence-electron chi connectivity index (χ0n) is 8.99. The largest absolute Gasteiger partial charge is 0.201 e. The fraction of sp³-hybridized carbons (Fsp3) is 0.300. The molecule has 17 heavy (non-hydrogen) atoms. The topological polar surface area (TPSA) is 43.6 Å². The average molecular weight is 292 g/mol. The van der Waals surface area contributed by atoms with Crippen molar-refractivity contribution in [1.29, 1.82) is 0 Å². The molecule has 0 unspecified atom stereocenters. The maximum absolute atomic E-state index is 6.20. The molecule has 0 aliphatic rings. The summed E-state index contributed by atoms with van der Waals surface area (Å²) in [6.07, 6.45) is 0.760. The van der Waals surface area contributed by atoms with E-state index in [2.05, 4.69) is 15.3 Å². The van der Waals surface area contributed by atoms with Gasteiger partial charge in [0.15, 0.2) is 11.0 Å². The van der Waals surface area contributed by atoms with Crippen molar-refractivity contribution in [3.63, 3.8) is 0 Å². The highest BCUT2D eigenvalue weighted by Crippen LogP contribution is 2.24. The molecule has 7 heteroatoms. The fourth-order valence-corrected chi connectivity index (χ4v) is 2.21. The lowest BCUT2D eigenvalue weighted by molar-refractivity contribution is 0.792. The van der Waals surface area contributed by atoms with Crippen LogP contribution in [0.4, 0.5) is 0 Å². The Morgan fingerprint density at radius 1 is 1.24 bits per heavy atom. The van der Waals surface area contributed by atoms with Crippen molar-refractivity contribution < 1.29 is 0 Å². The highest BCUT2D eigenvalue weighted by atomic mass is 35.5. The minimum absolute atomic E-state index is 0.322. The van der Waals surface area contributed by atoms with Crippen molar-refractivity contribution in [2.24, 2.45) is 0 Å². The zero-order chi connectivity index (χ0) is 12.4. The monoisotopic (exact) mass is 290 g/mol. The van der Waals surface area contributed by atoms with Crippen LogP contribution in [0.3, 0.4) is 0 Å². The highest BCUT2D eigenvalue weighted by molar-refractivity contribution is 6.31. The first-order chi connectivity index (χ1) is 8.17. The van der Waals surface area contributed by atoms with Crippen LogP contribution in [0.2, 0.25) is 10.3 Å². The zero-order valence-corrected chi connectivity index (χ0v) is 11.3. The molecule has 0 amide bonds. The van der Waals surface area contributed by atoms with Crippen LogP contribution in [0.1, 0.15) is 18.2 Å². The second-order valence-corrected chi connectivity index (χ2v) is 4.34. The molecule has 0 saturated carbocycles. The molecule has 0 atom stereocenters. The number of hydrogen-bond acceptors (Lipinski definition) is 3. The molecule has 0 aliphatic carbocycles. The third-order valence-electron chi connectivity index (χ3n) is 2.31. The maximum atomic E-state index is 6.20. The number of hydrogen-bond donors (Lipinski definition) is 0. The van der Waals surface area contributed by atoms with E-state index in [-0.39, 0.29) is 0 Å². The number of halogens is 3. The minimum Gasteiger partial charge on any atom is -0.201 e. The Kier molecular flexibility index (Phi) is 3.86. The molecule has 90 valence electrons. The van der Waals surface area contributed by atoms with Crippen molar-refractivity contribution in [3.05, 3.63) is 33.7 Å². The van der Waals surface area contributed by atoms with Gasteiger partial charge in [-0.2, -0.15) is 5.10 Å². The molecule has 0 radical (unpaired) electrons. The third-order valence-corrected chi connectivity index (χ3v) is 3.16. The van der Waals surface area contributed by atoms with Crippen LogP contribution >= 0.6 is 34.8 Å². The first-order valence-corrected chi connectivity index (χ1v) is 6.28. The fourth-order valence-electron chi connectivity index (χ4n) is 1.46. The summed E-state index contributed by atoms with van der Waals surface area (Å²) in [5, 5.41) is 12.8. The Bertz CT molecular complexity index is 521. The number of aryl methyl sites for hydroxylation is 1. The van der Waals surface area contributed by atoms with Crippen LogP contribution < -0.4 is 0 Å². The molecule has 0 aliphatic heterocycles. The summed E-state index contributed by atoms with van der Waals surface area (Å²) in [6.45, 7) is 1.99. The van der Waals surface area contributed by atoms with E-state index in [1.165, 1.54) is 4.68 Å². The van der Waals surface area contributed by atoms with Crippen LogP contribution in [-0.2, 0) is 12.3 Å². The molecule has 0 N–H and O–H groups in total. The molecule has 4 nitrogen and oxygen atoms in total. The van der Waals surface area contributed by atoms with Gasteiger partial charge in [0.25, 0.3) is 0 Å². The van der Waals surface area contributed by atoms with Gasteiger partial charge < -0.3 is 0 Å². The molecular formula is C10H9Cl3N4. The first kappa shape index (κ1) is 12.6. The van der Waals surface area contributed by atoms with E-state index in [4.69, 9.17) is 34.8 Å². The summed E-state index contributed by atoms with van der Waals surface area (Å²) in [4.78, 5) is 0. The van der Waals surface area contributed by atoms with E-state index >= 15 is 0 Å². The van der Waals surface area contributed by atoms with Crippen LogP contribution in [0.5, 0.6) is 0 Å². The molecule has 2 rings (SSSR count). The lowest BCUT2D eigenvalue weighted by Gasteiger charge is -2.00. The van der Waals surface area contributed by atoms with Gasteiger partial charge in [-0.05, 0) is 18.6 Å². The summed E-state index contributed by atoms with van der Waals surface area (Å²) < 4.78 is 1.52. The van der Waals surface area contributed by atoms with E-state index in [0.717, 1.165) is 17.7 Å². The normalized spacial score (nSPS) is 10.8. The van der Waals surface area contributed by atoms with Gasteiger partial charge in [0.2, 0.25) is 0 Å². The number of nitrogens with zero attached hydrogens (tertiary/aromatic N) is 4. The van der Waals surface area contributed by atoms with Gasteiger partial charge in [-0.3, -0.25) is 0 Å². The standard InChI is InChI=1S/C10H9Cl3N4/c1-2-7-6(5-11)10(13)17(16-7)9-4-3-8(12)14-15-9/h3-4H,2,5H2,1H3. The van der Waals surface area contributed by atoms with Gasteiger partial charge >= 0.3 is 0 Å². The van der Waals surface area contributed by atoms with Crippen LogP contribution in [0.25, 0.3) is 5.82 Å². The predicted octanol–water partition coefficient (Wildman–Crippen LogP) is 3.27. The number of aromatic nitrogens is 4. The van der Waals surface area contributed by atoms with E-state index in [9.17, 15) is 0 Å². The van der Waals surface area contributed by atoms with Crippen LogP contribution in [-0.4, -0.2) is 20.0 Å². The van der Waals surface area contributed by atoms with Gasteiger partial charge in [-0.1, -0.05) is 30.1 Å². The second-order valence-electron chi connectivity index (χ2n) is 3.33. The van der Waals surface area contributed by atoms with Crippen LogP contribution in [0, 0.1) is 0 Å². The summed E-state index contributed by atoms with van der Waals surface area (Å²) in [5.74, 6) is 0.841. The Labute approximate surface area is 114 Å². The van der Waals surface area contributed by atoms with E-state index in [0.29, 0.717) is 22.0 Å².